The summed E-state index contributed by atoms with van der Waals surface area (Å²) in [6, 6.07) is 8.83. The van der Waals surface area contributed by atoms with Gasteiger partial charge in [0.1, 0.15) is 33.5 Å². The maximum absolute atomic E-state index is 13.2. The third-order valence-corrected chi connectivity index (χ3v) is 6.32. The zero-order chi connectivity index (χ0) is 25.6. The largest absolute Gasteiger partial charge is 0.486 e. The highest BCUT2D eigenvalue weighted by Crippen LogP contribution is 2.40. The number of fused-ring (bicyclic) bond motifs is 2. The van der Waals surface area contributed by atoms with Crippen LogP contribution in [-0.4, -0.2) is 23.6 Å². The van der Waals surface area contributed by atoms with Gasteiger partial charge < -0.3 is 29.7 Å². The van der Waals surface area contributed by atoms with Crippen molar-refractivity contribution in [2.45, 2.75) is 19.7 Å². The summed E-state index contributed by atoms with van der Waals surface area (Å²) in [7, 11) is 0. The van der Waals surface area contributed by atoms with Crippen molar-refractivity contribution in [2.75, 3.05) is 12.1 Å². The fourth-order valence-electron chi connectivity index (χ4n) is 3.59. The lowest BCUT2D eigenvalue weighted by molar-refractivity contribution is -0.141. The predicted octanol–water partition coefficient (Wildman–Crippen LogP) is 4.88. The number of aromatic nitrogens is 1. The van der Waals surface area contributed by atoms with E-state index in [1.807, 2.05) is 0 Å². The molecule has 0 atom stereocenters. The van der Waals surface area contributed by atoms with E-state index in [9.17, 15) is 22.8 Å². The monoisotopic (exact) mass is 519 g/mol. The summed E-state index contributed by atoms with van der Waals surface area (Å²) in [5.41, 5.74) is 4.45. The minimum Gasteiger partial charge on any atom is -0.486 e. The summed E-state index contributed by atoms with van der Waals surface area (Å²) < 4.78 is 61.3. The Morgan fingerprint density at radius 3 is 2.69 bits per heavy atom. The van der Waals surface area contributed by atoms with Crippen molar-refractivity contribution in [1.82, 2.24) is 4.98 Å². The first-order chi connectivity index (χ1) is 17.1. The van der Waals surface area contributed by atoms with Crippen molar-refractivity contribution in [3.63, 3.8) is 0 Å². The number of nitrogens with two attached hydrogens (primary N) is 1. The number of rotatable bonds is 6. The molecular formula is C23H16F3N3O6S. The number of alkyl halides is 3. The van der Waals surface area contributed by atoms with Crippen molar-refractivity contribution in [2.24, 2.45) is 5.73 Å². The Kier molecular flexibility index (Phi) is 5.71. The number of carbonyl (C=O) groups is 2. The van der Waals surface area contributed by atoms with Gasteiger partial charge in [-0.2, -0.15) is 13.2 Å². The first-order valence-electron chi connectivity index (χ1n) is 10.3. The lowest BCUT2D eigenvalue weighted by Gasteiger charge is -2.09. The summed E-state index contributed by atoms with van der Waals surface area (Å²) >= 11 is 0.663. The molecule has 1 aliphatic heterocycles. The van der Waals surface area contributed by atoms with Gasteiger partial charge in [-0.1, -0.05) is 0 Å². The molecule has 0 fully saturated rings. The molecule has 0 radical (unpaired) electrons. The Bertz CT molecular complexity index is 1510. The Morgan fingerprint density at radius 1 is 1.17 bits per heavy atom. The molecule has 13 heteroatoms. The SMILES string of the molecule is Cc1cc(C(F)(F)F)nc2sc(C(N)=O)c(NC(=O)c3ccc(COc4ccc5c(c4)OCO5)o3)c12. The van der Waals surface area contributed by atoms with E-state index in [0.29, 0.717) is 34.3 Å². The van der Waals surface area contributed by atoms with Crippen molar-refractivity contribution < 1.29 is 41.4 Å². The summed E-state index contributed by atoms with van der Waals surface area (Å²) in [4.78, 5) is 28.2. The molecule has 1 aromatic carbocycles. The molecule has 3 N–H and O–H groups in total. The second-order valence-electron chi connectivity index (χ2n) is 7.70. The highest BCUT2D eigenvalue weighted by Gasteiger charge is 2.34. The van der Waals surface area contributed by atoms with Crippen LogP contribution < -0.4 is 25.3 Å². The van der Waals surface area contributed by atoms with Crippen LogP contribution in [0.2, 0.25) is 0 Å². The molecular weight excluding hydrogens is 503 g/mol. The van der Waals surface area contributed by atoms with Crippen LogP contribution in [0.3, 0.4) is 0 Å². The minimum atomic E-state index is -4.67. The third kappa shape index (κ3) is 4.40. The standard InChI is InChI=1S/C23H16F3N3O6S/c1-10-6-16(23(24,25)26)28-22-17(10)18(19(36-22)20(27)30)29-21(31)14-5-3-12(35-14)8-32-11-2-4-13-15(7-11)34-9-33-13/h2-7H,8-9H2,1H3,(H2,27,30)(H,29,31). The Labute approximate surface area is 204 Å². The van der Waals surface area contributed by atoms with Crippen LogP contribution in [0, 0.1) is 6.92 Å². The number of nitrogens with zero attached hydrogens (tertiary/aromatic N) is 1. The normalized spacial score (nSPS) is 12.7. The van der Waals surface area contributed by atoms with Gasteiger partial charge in [0.25, 0.3) is 11.8 Å². The number of ether oxygens (including phenoxy) is 3. The van der Waals surface area contributed by atoms with Gasteiger partial charge in [-0.3, -0.25) is 9.59 Å². The fraction of sp³-hybridized carbons (Fsp3) is 0.174. The van der Waals surface area contributed by atoms with E-state index in [0.717, 1.165) is 6.07 Å². The van der Waals surface area contributed by atoms with Gasteiger partial charge >= 0.3 is 6.18 Å². The molecule has 1 aliphatic rings. The van der Waals surface area contributed by atoms with Gasteiger partial charge in [0.2, 0.25) is 6.79 Å². The number of pyridine rings is 1. The number of aryl methyl sites for hydroxylation is 1. The van der Waals surface area contributed by atoms with Gasteiger partial charge in [-0.05, 0) is 42.8 Å². The molecule has 4 heterocycles. The minimum absolute atomic E-state index is 0.00406. The lowest BCUT2D eigenvalue weighted by Crippen LogP contribution is -2.16. The van der Waals surface area contributed by atoms with E-state index in [1.165, 1.54) is 19.1 Å². The zero-order valence-corrected chi connectivity index (χ0v) is 19.2. The molecule has 0 bridgehead atoms. The van der Waals surface area contributed by atoms with E-state index < -0.39 is 23.7 Å². The lowest BCUT2D eigenvalue weighted by atomic mass is 10.1. The zero-order valence-electron chi connectivity index (χ0n) is 18.4. The van der Waals surface area contributed by atoms with Crippen LogP contribution in [-0.2, 0) is 12.8 Å². The average molecular weight is 519 g/mol. The van der Waals surface area contributed by atoms with Gasteiger partial charge in [0.05, 0.1) is 5.69 Å². The number of halogens is 3. The molecule has 0 spiro atoms. The molecule has 4 aromatic rings. The highest BCUT2D eigenvalue weighted by molar-refractivity contribution is 7.21. The second kappa shape index (κ2) is 8.75. The van der Waals surface area contributed by atoms with Crippen LogP contribution in [0.5, 0.6) is 17.2 Å². The van der Waals surface area contributed by atoms with E-state index in [-0.39, 0.29) is 45.5 Å². The highest BCUT2D eigenvalue weighted by atomic mass is 32.1. The summed E-state index contributed by atoms with van der Waals surface area (Å²) in [5, 5.41) is 2.72. The van der Waals surface area contributed by atoms with Crippen molar-refractivity contribution in [1.29, 1.82) is 0 Å². The van der Waals surface area contributed by atoms with Gasteiger partial charge in [-0.25, -0.2) is 4.98 Å². The average Bonchev–Trinajstić information content (AvgIpc) is 3.55. The number of thiophene rings is 1. The number of amides is 2. The fourth-order valence-corrected chi connectivity index (χ4v) is 4.65. The van der Waals surface area contributed by atoms with Crippen LogP contribution in [0.4, 0.5) is 18.9 Å². The Balaban J connectivity index is 1.36. The topological polar surface area (TPSA) is 126 Å². The molecule has 3 aromatic heterocycles. The summed E-state index contributed by atoms with van der Waals surface area (Å²) in [6.07, 6.45) is -4.67. The predicted molar refractivity (Wildman–Crippen MR) is 121 cm³/mol. The number of carbonyl (C=O) groups excluding carboxylic acids is 2. The molecule has 0 aliphatic carbocycles. The molecule has 186 valence electrons. The van der Waals surface area contributed by atoms with E-state index in [2.05, 4.69) is 10.3 Å². The number of nitrogens with one attached hydrogen (secondary N) is 1. The number of hydrogen-bond donors (Lipinski definition) is 2. The Hall–Kier alpha value is -4.26. The van der Waals surface area contributed by atoms with Gasteiger partial charge in [0, 0.05) is 11.5 Å². The van der Waals surface area contributed by atoms with Crippen LogP contribution >= 0.6 is 11.3 Å². The quantitative estimate of drug-likeness (QED) is 0.372. The van der Waals surface area contributed by atoms with E-state index in [4.69, 9.17) is 24.4 Å². The van der Waals surface area contributed by atoms with Gasteiger partial charge in [-0.15, -0.1) is 11.3 Å². The smallest absolute Gasteiger partial charge is 0.433 e. The maximum atomic E-state index is 13.2. The summed E-state index contributed by atoms with van der Waals surface area (Å²) in [6.45, 7) is 1.56. The van der Waals surface area contributed by atoms with E-state index in [1.54, 1.807) is 18.2 Å². The molecule has 9 nitrogen and oxygen atoms in total. The first kappa shape index (κ1) is 23.5. The molecule has 0 saturated carbocycles. The van der Waals surface area contributed by atoms with Crippen LogP contribution in [0.15, 0.2) is 40.8 Å². The number of furan rings is 1. The molecule has 2 amide bonds. The second-order valence-corrected chi connectivity index (χ2v) is 8.70. The van der Waals surface area contributed by atoms with Crippen molar-refractivity contribution in [3.8, 4) is 17.2 Å². The molecule has 0 saturated heterocycles. The summed E-state index contributed by atoms with van der Waals surface area (Å²) in [5.74, 6) is 0.230. The third-order valence-electron chi connectivity index (χ3n) is 5.22. The number of benzene rings is 1. The number of anilines is 1. The van der Waals surface area contributed by atoms with Crippen molar-refractivity contribution in [3.05, 3.63) is 64.1 Å². The van der Waals surface area contributed by atoms with Crippen molar-refractivity contribution >= 4 is 39.1 Å². The van der Waals surface area contributed by atoms with E-state index >= 15 is 0 Å². The maximum Gasteiger partial charge on any atom is 0.433 e. The van der Waals surface area contributed by atoms with Crippen LogP contribution in [0.1, 0.15) is 37.2 Å². The van der Waals surface area contributed by atoms with Gasteiger partial charge in [0.15, 0.2) is 17.3 Å². The number of hydrogen-bond acceptors (Lipinski definition) is 8. The Morgan fingerprint density at radius 2 is 1.94 bits per heavy atom. The van der Waals surface area contributed by atoms with Crippen LogP contribution in [0.25, 0.3) is 10.2 Å². The molecule has 0 unspecified atom stereocenters. The molecule has 36 heavy (non-hydrogen) atoms. The number of primary amides is 1. The first-order valence-corrected chi connectivity index (χ1v) is 11.2. The molecule has 5 rings (SSSR count).